The van der Waals surface area contributed by atoms with E-state index >= 15 is 0 Å². The van der Waals surface area contributed by atoms with Gasteiger partial charge in [-0.05, 0) is 42.8 Å². The zero-order valence-corrected chi connectivity index (χ0v) is 13.8. The van der Waals surface area contributed by atoms with E-state index < -0.39 is 5.91 Å². The fourth-order valence-electron chi connectivity index (χ4n) is 2.56. The molecular formula is C17H15BrN2O3. The van der Waals surface area contributed by atoms with Crippen molar-refractivity contribution in [1.82, 2.24) is 0 Å². The highest BCUT2D eigenvalue weighted by atomic mass is 79.9. The Morgan fingerprint density at radius 2 is 2.04 bits per heavy atom. The molecule has 0 spiro atoms. The molecule has 0 unspecified atom stereocenters. The minimum absolute atomic E-state index is 0.0865. The summed E-state index contributed by atoms with van der Waals surface area (Å²) in [6, 6.07) is 11.8. The molecule has 0 bridgehead atoms. The Labute approximate surface area is 142 Å². The molecule has 0 radical (unpaired) electrons. The molecule has 2 aromatic rings. The highest BCUT2D eigenvalue weighted by Gasteiger charge is 2.22. The first kappa shape index (κ1) is 15.6. The zero-order valence-electron chi connectivity index (χ0n) is 12.3. The molecule has 5 nitrogen and oxygen atoms in total. The molecule has 1 saturated heterocycles. The summed E-state index contributed by atoms with van der Waals surface area (Å²) >= 11 is 3.28. The number of carbonyl (C=O) groups excluding carboxylic acids is 2. The number of nitrogens with one attached hydrogen (secondary N) is 1. The van der Waals surface area contributed by atoms with Crippen LogP contribution in [0.3, 0.4) is 0 Å². The van der Waals surface area contributed by atoms with Gasteiger partial charge in [0.1, 0.15) is 5.75 Å². The van der Waals surface area contributed by atoms with Gasteiger partial charge in [-0.25, -0.2) is 0 Å². The number of hydrogen-bond donors (Lipinski definition) is 2. The Morgan fingerprint density at radius 3 is 2.78 bits per heavy atom. The second-order valence-corrected chi connectivity index (χ2v) is 6.23. The van der Waals surface area contributed by atoms with Crippen LogP contribution in [0.4, 0.5) is 11.4 Å². The molecule has 1 aliphatic rings. The molecule has 23 heavy (non-hydrogen) atoms. The Bertz CT molecular complexity index is 776. The summed E-state index contributed by atoms with van der Waals surface area (Å²) in [5.74, 6) is -0.400. The second-order valence-electron chi connectivity index (χ2n) is 5.31. The third-order valence-corrected chi connectivity index (χ3v) is 4.19. The maximum Gasteiger partial charge on any atom is 0.259 e. The van der Waals surface area contributed by atoms with E-state index in [0.717, 1.165) is 12.1 Å². The summed E-state index contributed by atoms with van der Waals surface area (Å²) < 4.78 is 0.705. The number of aromatic hydroxyl groups is 1. The van der Waals surface area contributed by atoms with Crippen LogP contribution in [0.15, 0.2) is 46.9 Å². The van der Waals surface area contributed by atoms with Gasteiger partial charge in [-0.15, -0.1) is 0 Å². The summed E-state index contributed by atoms with van der Waals surface area (Å²) in [5, 5.41) is 12.6. The fourth-order valence-corrected chi connectivity index (χ4v) is 2.92. The average molecular weight is 375 g/mol. The topological polar surface area (TPSA) is 69.6 Å². The molecule has 118 valence electrons. The summed E-state index contributed by atoms with van der Waals surface area (Å²) in [7, 11) is 0. The Kier molecular flexibility index (Phi) is 4.34. The first-order valence-corrected chi connectivity index (χ1v) is 8.04. The molecule has 1 heterocycles. The van der Waals surface area contributed by atoms with Crippen LogP contribution < -0.4 is 10.2 Å². The molecule has 2 amide bonds. The molecule has 1 fully saturated rings. The van der Waals surface area contributed by atoms with Crippen molar-refractivity contribution < 1.29 is 14.7 Å². The van der Waals surface area contributed by atoms with Crippen LogP contribution in [0.5, 0.6) is 5.75 Å². The van der Waals surface area contributed by atoms with Gasteiger partial charge in [-0.3, -0.25) is 9.59 Å². The van der Waals surface area contributed by atoms with Gasteiger partial charge < -0.3 is 15.3 Å². The molecule has 0 atom stereocenters. The maximum absolute atomic E-state index is 12.3. The number of nitrogens with zero attached hydrogens (tertiary/aromatic N) is 1. The molecule has 2 N–H and O–H groups in total. The lowest BCUT2D eigenvalue weighted by atomic mass is 10.2. The maximum atomic E-state index is 12.3. The third-order valence-electron chi connectivity index (χ3n) is 3.69. The minimum Gasteiger partial charge on any atom is -0.507 e. The zero-order chi connectivity index (χ0) is 16.4. The lowest BCUT2D eigenvalue weighted by Gasteiger charge is -2.17. The predicted octanol–water partition coefficient (Wildman–Crippen LogP) is 3.53. The van der Waals surface area contributed by atoms with Gasteiger partial charge in [-0.2, -0.15) is 0 Å². The number of hydrogen-bond acceptors (Lipinski definition) is 3. The average Bonchev–Trinajstić information content (AvgIpc) is 2.96. The van der Waals surface area contributed by atoms with Crippen molar-refractivity contribution in [1.29, 1.82) is 0 Å². The van der Waals surface area contributed by atoms with E-state index in [-0.39, 0.29) is 17.2 Å². The van der Waals surface area contributed by atoms with E-state index in [1.165, 1.54) is 6.07 Å². The van der Waals surface area contributed by atoms with Crippen molar-refractivity contribution in [3.05, 3.63) is 52.5 Å². The van der Waals surface area contributed by atoms with Crippen LogP contribution in [-0.4, -0.2) is 23.5 Å². The second kappa shape index (κ2) is 6.42. The number of amides is 2. The summed E-state index contributed by atoms with van der Waals surface area (Å²) in [5.41, 5.74) is 1.53. The first-order chi connectivity index (χ1) is 11.0. The van der Waals surface area contributed by atoms with E-state index in [1.807, 2.05) is 6.07 Å². The lowest BCUT2D eigenvalue weighted by molar-refractivity contribution is -0.117. The smallest absolute Gasteiger partial charge is 0.259 e. The van der Waals surface area contributed by atoms with Crippen LogP contribution in [0.1, 0.15) is 23.2 Å². The summed E-state index contributed by atoms with van der Waals surface area (Å²) in [4.78, 5) is 25.8. The van der Waals surface area contributed by atoms with E-state index in [9.17, 15) is 14.7 Å². The molecule has 0 saturated carbocycles. The van der Waals surface area contributed by atoms with Crippen molar-refractivity contribution in [3.63, 3.8) is 0 Å². The monoisotopic (exact) mass is 374 g/mol. The van der Waals surface area contributed by atoms with Gasteiger partial charge in [0.05, 0.1) is 5.56 Å². The van der Waals surface area contributed by atoms with Crippen molar-refractivity contribution in [2.24, 2.45) is 0 Å². The highest BCUT2D eigenvalue weighted by molar-refractivity contribution is 9.10. The molecule has 0 aliphatic carbocycles. The summed E-state index contributed by atoms with van der Waals surface area (Å²) in [6.45, 7) is 0.697. The van der Waals surface area contributed by atoms with E-state index in [2.05, 4.69) is 21.2 Å². The van der Waals surface area contributed by atoms with Crippen LogP contribution in [-0.2, 0) is 4.79 Å². The SMILES string of the molecule is O=C(Nc1cccc(N2CCCC2=O)c1)c1cc(Br)ccc1O. The molecule has 1 aliphatic heterocycles. The normalized spacial score (nSPS) is 14.1. The van der Waals surface area contributed by atoms with Gasteiger partial charge in [0.2, 0.25) is 5.91 Å². The molecular weight excluding hydrogens is 360 g/mol. The van der Waals surface area contributed by atoms with Gasteiger partial charge in [0, 0.05) is 28.8 Å². The van der Waals surface area contributed by atoms with Crippen LogP contribution in [0.25, 0.3) is 0 Å². The fraction of sp³-hybridized carbons (Fsp3) is 0.176. The number of phenolic OH excluding ortho intramolecular Hbond substituents is 1. The Balaban J connectivity index is 1.81. The lowest BCUT2D eigenvalue weighted by Crippen LogP contribution is -2.23. The number of phenols is 1. The Morgan fingerprint density at radius 1 is 1.22 bits per heavy atom. The molecule has 0 aromatic heterocycles. The number of benzene rings is 2. The number of halogens is 1. The summed E-state index contributed by atoms with van der Waals surface area (Å²) in [6.07, 6.45) is 1.41. The van der Waals surface area contributed by atoms with Crippen LogP contribution in [0, 0.1) is 0 Å². The van der Waals surface area contributed by atoms with E-state index in [1.54, 1.807) is 35.2 Å². The quantitative estimate of drug-likeness (QED) is 0.862. The van der Waals surface area contributed by atoms with Crippen LogP contribution >= 0.6 is 15.9 Å². The van der Waals surface area contributed by atoms with Gasteiger partial charge in [-0.1, -0.05) is 22.0 Å². The first-order valence-electron chi connectivity index (χ1n) is 7.25. The van der Waals surface area contributed by atoms with Gasteiger partial charge in [0.15, 0.2) is 0 Å². The predicted molar refractivity (Wildman–Crippen MR) is 91.8 cm³/mol. The number of anilines is 2. The van der Waals surface area contributed by atoms with Crippen molar-refractivity contribution in [3.8, 4) is 5.75 Å². The van der Waals surface area contributed by atoms with E-state index in [4.69, 9.17) is 0 Å². The number of rotatable bonds is 3. The van der Waals surface area contributed by atoms with Crippen molar-refractivity contribution in [2.75, 3.05) is 16.8 Å². The molecule has 3 rings (SSSR count). The number of carbonyl (C=O) groups is 2. The molecule has 6 heteroatoms. The van der Waals surface area contributed by atoms with Gasteiger partial charge in [0.25, 0.3) is 5.91 Å². The molecule has 2 aromatic carbocycles. The minimum atomic E-state index is -0.409. The largest absolute Gasteiger partial charge is 0.507 e. The standard InChI is InChI=1S/C17H15BrN2O3/c18-11-6-7-15(21)14(9-11)17(23)19-12-3-1-4-13(10-12)20-8-2-5-16(20)22/h1,3-4,6-7,9-10,21H,2,5,8H2,(H,19,23). The van der Waals surface area contributed by atoms with Gasteiger partial charge >= 0.3 is 0 Å². The highest BCUT2D eigenvalue weighted by Crippen LogP contribution is 2.26. The van der Waals surface area contributed by atoms with Crippen molar-refractivity contribution >= 4 is 39.1 Å². The van der Waals surface area contributed by atoms with Crippen molar-refractivity contribution in [2.45, 2.75) is 12.8 Å². The van der Waals surface area contributed by atoms with E-state index in [0.29, 0.717) is 23.1 Å². The Hall–Kier alpha value is -2.34. The third kappa shape index (κ3) is 3.37. The van der Waals surface area contributed by atoms with Crippen LogP contribution in [0.2, 0.25) is 0 Å².